The average molecular weight is 457 g/mol. The molecule has 33 heavy (non-hydrogen) atoms. The molecule has 1 saturated carbocycles. The van der Waals surface area contributed by atoms with Crippen LogP contribution in [0.5, 0.6) is 0 Å². The van der Waals surface area contributed by atoms with Crippen molar-refractivity contribution in [2.24, 2.45) is 0 Å². The molecule has 1 aliphatic rings. The lowest BCUT2D eigenvalue weighted by Crippen LogP contribution is -2.43. The molecule has 0 bridgehead atoms. The number of hydrogen-bond donors (Lipinski definition) is 1. The number of halogens is 1. The van der Waals surface area contributed by atoms with E-state index >= 15 is 0 Å². The fraction of sp³-hybridized carbons (Fsp3) is 0.500. The third kappa shape index (κ3) is 4.12. The van der Waals surface area contributed by atoms with Crippen LogP contribution in [0.3, 0.4) is 0 Å². The second kappa shape index (κ2) is 9.33. The van der Waals surface area contributed by atoms with Gasteiger partial charge in [-0.25, -0.2) is 14.2 Å². The van der Waals surface area contributed by atoms with E-state index in [2.05, 4.69) is 9.97 Å². The Bertz CT molecular complexity index is 1270. The topological polar surface area (TPSA) is 99.0 Å². The number of carbonyl (C=O) groups is 1. The third-order valence-corrected chi connectivity index (χ3v) is 6.47. The minimum absolute atomic E-state index is 0.113. The zero-order valence-electron chi connectivity index (χ0n) is 19.0. The minimum atomic E-state index is -0.782. The van der Waals surface area contributed by atoms with E-state index in [0.717, 1.165) is 31.2 Å². The Morgan fingerprint density at radius 3 is 2.45 bits per heavy atom. The molecule has 2 heterocycles. The molecule has 0 spiro atoms. The van der Waals surface area contributed by atoms with Crippen LogP contribution in [0.25, 0.3) is 11.2 Å². The van der Waals surface area contributed by atoms with E-state index in [4.69, 9.17) is 4.74 Å². The van der Waals surface area contributed by atoms with Crippen LogP contribution >= 0.6 is 0 Å². The quantitative estimate of drug-likeness (QED) is 0.498. The highest BCUT2D eigenvalue weighted by atomic mass is 19.1. The van der Waals surface area contributed by atoms with Gasteiger partial charge < -0.3 is 9.30 Å². The Morgan fingerprint density at radius 2 is 1.85 bits per heavy atom. The Labute approximate surface area is 190 Å². The molecule has 0 aliphatic heterocycles. The van der Waals surface area contributed by atoms with Gasteiger partial charge in [-0.1, -0.05) is 38.8 Å². The lowest BCUT2D eigenvalue weighted by molar-refractivity contribution is -0.156. The van der Waals surface area contributed by atoms with Crippen LogP contribution in [0, 0.1) is 5.82 Å². The second-order valence-electron chi connectivity index (χ2n) is 8.64. The fourth-order valence-electron chi connectivity index (χ4n) is 4.49. The molecule has 1 fully saturated rings. The summed E-state index contributed by atoms with van der Waals surface area (Å²) in [5.74, 6) is -0.308. The van der Waals surface area contributed by atoms with Crippen molar-refractivity contribution in [1.82, 2.24) is 19.1 Å². The molecule has 4 rings (SSSR count). The number of esters is 1. The van der Waals surface area contributed by atoms with E-state index in [0.29, 0.717) is 42.9 Å². The van der Waals surface area contributed by atoms with Crippen LogP contribution < -0.4 is 11.2 Å². The number of unbranched alkanes of at least 4 members (excludes halogenated alkanes) is 1. The average Bonchev–Trinajstić information content (AvgIpc) is 3.11. The predicted octanol–water partition coefficient (Wildman–Crippen LogP) is 3.40. The summed E-state index contributed by atoms with van der Waals surface area (Å²) < 4.78 is 22.3. The van der Waals surface area contributed by atoms with Gasteiger partial charge in [0, 0.05) is 13.1 Å². The highest BCUT2D eigenvalue weighted by Gasteiger charge is 2.47. The summed E-state index contributed by atoms with van der Waals surface area (Å²) in [7, 11) is 0. The molecule has 1 aromatic carbocycles. The Balaban J connectivity index is 1.67. The van der Waals surface area contributed by atoms with Gasteiger partial charge in [-0.15, -0.1) is 0 Å². The first-order valence-corrected chi connectivity index (χ1v) is 11.6. The number of aromatic amines is 1. The summed E-state index contributed by atoms with van der Waals surface area (Å²) in [5.41, 5.74) is -0.398. The second-order valence-corrected chi connectivity index (χ2v) is 8.64. The summed E-state index contributed by atoms with van der Waals surface area (Å²) >= 11 is 0. The van der Waals surface area contributed by atoms with Crippen molar-refractivity contribution in [3.8, 4) is 0 Å². The van der Waals surface area contributed by atoms with Crippen LogP contribution in [0.2, 0.25) is 0 Å². The van der Waals surface area contributed by atoms with Gasteiger partial charge in [-0.2, -0.15) is 0 Å². The Morgan fingerprint density at radius 1 is 1.12 bits per heavy atom. The van der Waals surface area contributed by atoms with Gasteiger partial charge in [-0.05, 0) is 43.4 Å². The summed E-state index contributed by atoms with van der Waals surface area (Å²) in [6.07, 6.45) is 4.56. The van der Waals surface area contributed by atoms with E-state index in [-0.39, 0.29) is 18.4 Å². The zero-order valence-corrected chi connectivity index (χ0v) is 19.0. The lowest BCUT2D eigenvalue weighted by Gasteiger charge is -2.39. The molecule has 176 valence electrons. The molecule has 1 N–H and O–H groups in total. The van der Waals surface area contributed by atoms with Crippen molar-refractivity contribution in [3.05, 3.63) is 62.3 Å². The van der Waals surface area contributed by atoms with E-state index < -0.39 is 16.7 Å². The maximum absolute atomic E-state index is 13.4. The van der Waals surface area contributed by atoms with Gasteiger partial charge >= 0.3 is 11.7 Å². The van der Waals surface area contributed by atoms with E-state index in [1.165, 1.54) is 16.7 Å². The Hall–Kier alpha value is -3.23. The number of aryl methyl sites for hydroxylation is 2. The van der Waals surface area contributed by atoms with Gasteiger partial charge in [0.05, 0.1) is 5.41 Å². The number of aromatic nitrogens is 4. The van der Waals surface area contributed by atoms with Crippen LogP contribution in [0.1, 0.15) is 63.8 Å². The van der Waals surface area contributed by atoms with E-state index in [1.54, 1.807) is 16.7 Å². The number of rotatable bonds is 9. The first-order chi connectivity index (χ1) is 15.9. The number of H-pyrrole nitrogens is 1. The highest BCUT2D eigenvalue weighted by molar-refractivity contribution is 5.84. The first-order valence-electron chi connectivity index (χ1n) is 11.6. The fourth-order valence-corrected chi connectivity index (χ4v) is 4.49. The molecule has 9 heteroatoms. The molecule has 2 aromatic heterocycles. The van der Waals surface area contributed by atoms with E-state index in [1.807, 2.05) is 13.8 Å². The maximum atomic E-state index is 13.4. The van der Waals surface area contributed by atoms with Gasteiger partial charge in [0.2, 0.25) is 0 Å². The number of carbonyl (C=O) groups excluding carboxylic acids is 1. The number of nitrogens with zero attached hydrogens (tertiary/aromatic N) is 3. The molecule has 0 unspecified atom stereocenters. The molecule has 1 aliphatic carbocycles. The number of imidazole rings is 1. The zero-order chi connectivity index (χ0) is 23.6. The van der Waals surface area contributed by atoms with Crippen molar-refractivity contribution in [2.45, 2.75) is 77.5 Å². The standard InChI is InChI=1S/C24H29FN4O4/c1-3-5-14-29-20-19(21(30)27-23(29)32)28(13-4-2)18(26-20)15-33-22(31)24(11-6-12-24)16-7-9-17(25)10-8-16/h7-10H,3-6,11-15H2,1-2H3,(H,27,30,32). The van der Waals surface area contributed by atoms with Crippen molar-refractivity contribution < 1.29 is 13.9 Å². The van der Waals surface area contributed by atoms with Gasteiger partial charge in [-0.3, -0.25) is 19.1 Å². The highest BCUT2D eigenvalue weighted by Crippen LogP contribution is 2.45. The summed E-state index contributed by atoms with van der Waals surface area (Å²) in [4.78, 5) is 45.1. The van der Waals surface area contributed by atoms with Crippen molar-refractivity contribution in [1.29, 1.82) is 0 Å². The van der Waals surface area contributed by atoms with Crippen LogP contribution in [-0.4, -0.2) is 25.1 Å². The summed E-state index contributed by atoms with van der Waals surface area (Å²) in [5, 5.41) is 0. The van der Waals surface area contributed by atoms with Crippen molar-refractivity contribution in [2.75, 3.05) is 0 Å². The molecule has 0 amide bonds. The number of ether oxygens (including phenoxy) is 1. The Kier molecular flexibility index (Phi) is 6.49. The van der Waals surface area contributed by atoms with Crippen molar-refractivity contribution in [3.63, 3.8) is 0 Å². The van der Waals surface area contributed by atoms with Crippen LogP contribution in [0.4, 0.5) is 4.39 Å². The molecule has 0 atom stereocenters. The SMILES string of the molecule is CCCCn1c(=O)[nH]c(=O)c2c1nc(COC(=O)C1(c3ccc(F)cc3)CCC1)n2CCC. The van der Waals surface area contributed by atoms with E-state index in [9.17, 15) is 18.8 Å². The lowest BCUT2D eigenvalue weighted by atomic mass is 9.64. The molecular formula is C24H29FN4O4. The third-order valence-electron chi connectivity index (χ3n) is 6.47. The molecular weight excluding hydrogens is 427 g/mol. The van der Waals surface area contributed by atoms with Gasteiger partial charge in [0.15, 0.2) is 11.2 Å². The van der Waals surface area contributed by atoms with Crippen LogP contribution in [0.15, 0.2) is 33.9 Å². The largest absolute Gasteiger partial charge is 0.457 e. The predicted molar refractivity (Wildman–Crippen MR) is 122 cm³/mol. The van der Waals surface area contributed by atoms with Crippen molar-refractivity contribution >= 4 is 17.1 Å². The summed E-state index contributed by atoms with van der Waals surface area (Å²) in [6.45, 7) is 4.82. The number of benzene rings is 1. The molecule has 0 radical (unpaired) electrons. The first kappa shape index (κ1) is 22.9. The monoisotopic (exact) mass is 456 g/mol. The van der Waals surface area contributed by atoms with Gasteiger partial charge in [0.1, 0.15) is 18.2 Å². The molecule has 0 saturated heterocycles. The molecule has 8 nitrogen and oxygen atoms in total. The number of fused-ring (bicyclic) bond motifs is 1. The smallest absolute Gasteiger partial charge is 0.330 e. The normalized spacial score (nSPS) is 14.9. The maximum Gasteiger partial charge on any atom is 0.330 e. The minimum Gasteiger partial charge on any atom is -0.457 e. The number of nitrogens with one attached hydrogen (secondary N) is 1. The summed E-state index contributed by atoms with van der Waals surface area (Å²) in [6, 6.07) is 5.97. The van der Waals surface area contributed by atoms with Crippen LogP contribution in [-0.2, 0) is 34.6 Å². The molecule has 3 aromatic rings. The number of hydrogen-bond acceptors (Lipinski definition) is 5. The van der Waals surface area contributed by atoms with Gasteiger partial charge in [0.25, 0.3) is 5.56 Å².